The van der Waals surface area contributed by atoms with Gasteiger partial charge in [0.25, 0.3) is 0 Å². The van der Waals surface area contributed by atoms with E-state index in [0.29, 0.717) is 11.5 Å². The second kappa shape index (κ2) is 5.58. The lowest BCUT2D eigenvalue weighted by Crippen LogP contribution is -2.18. The van der Waals surface area contributed by atoms with E-state index < -0.39 is 11.6 Å². The molecule has 2 N–H and O–H groups in total. The number of rotatable bonds is 3. The molecule has 1 unspecified atom stereocenters. The number of halogens is 2. The third-order valence-electron chi connectivity index (χ3n) is 3.69. The van der Waals surface area contributed by atoms with E-state index in [1.165, 1.54) is 38.2 Å². The molecule has 0 spiro atoms. The van der Waals surface area contributed by atoms with E-state index in [0.717, 1.165) is 12.5 Å². The van der Waals surface area contributed by atoms with Crippen LogP contribution in [0.25, 0.3) is 0 Å². The highest BCUT2D eigenvalue weighted by molar-refractivity contribution is 5.22. The van der Waals surface area contributed by atoms with Gasteiger partial charge in [0.15, 0.2) is 11.6 Å². The van der Waals surface area contributed by atoms with Crippen LogP contribution < -0.4 is 5.73 Å². The molecule has 0 aromatic heterocycles. The lowest BCUT2D eigenvalue weighted by Gasteiger charge is -2.24. The second-order valence-corrected chi connectivity index (χ2v) is 4.99. The molecule has 0 heterocycles. The van der Waals surface area contributed by atoms with Gasteiger partial charge in [-0.25, -0.2) is 8.78 Å². The van der Waals surface area contributed by atoms with Crippen molar-refractivity contribution < 1.29 is 8.78 Å². The van der Waals surface area contributed by atoms with Crippen LogP contribution in [0.4, 0.5) is 8.78 Å². The molecule has 0 aliphatic heterocycles. The van der Waals surface area contributed by atoms with Gasteiger partial charge >= 0.3 is 0 Å². The van der Waals surface area contributed by atoms with Gasteiger partial charge in [0, 0.05) is 11.6 Å². The van der Waals surface area contributed by atoms with E-state index in [-0.39, 0.29) is 6.04 Å². The Kier molecular flexibility index (Phi) is 4.11. The van der Waals surface area contributed by atoms with Gasteiger partial charge in [-0.3, -0.25) is 0 Å². The highest BCUT2D eigenvalue weighted by Crippen LogP contribution is 2.31. The van der Waals surface area contributed by atoms with Crippen molar-refractivity contribution in [1.82, 2.24) is 0 Å². The van der Waals surface area contributed by atoms with E-state index in [1.54, 1.807) is 6.07 Å². The molecule has 1 saturated carbocycles. The summed E-state index contributed by atoms with van der Waals surface area (Å²) in [5, 5.41) is 0. The van der Waals surface area contributed by atoms with Gasteiger partial charge in [-0.2, -0.15) is 0 Å². The standard InChI is InChI=1S/C14H19F2N/c15-12-8-4-7-11(14(12)16)13(17)9-10-5-2-1-3-6-10/h4,7-8,10,13H,1-3,5-6,9,17H2. The van der Waals surface area contributed by atoms with Crippen LogP contribution in [0.15, 0.2) is 18.2 Å². The van der Waals surface area contributed by atoms with E-state index in [2.05, 4.69) is 0 Å². The second-order valence-electron chi connectivity index (χ2n) is 4.99. The predicted octanol–water partition coefficient (Wildman–Crippen LogP) is 3.94. The van der Waals surface area contributed by atoms with Crippen molar-refractivity contribution >= 4 is 0 Å². The van der Waals surface area contributed by atoms with Crippen molar-refractivity contribution in [3.05, 3.63) is 35.4 Å². The third kappa shape index (κ3) is 3.03. The van der Waals surface area contributed by atoms with Gasteiger partial charge in [0.2, 0.25) is 0 Å². The smallest absolute Gasteiger partial charge is 0.163 e. The Morgan fingerprint density at radius 2 is 1.88 bits per heavy atom. The molecule has 1 atom stereocenters. The molecule has 0 saturated heterocycles. The molecular weight excluding hydrogens is 220 g/mol. The van der Waals surface area contributed by atoms with Gasteiger partial charge in [0.05, 0.1) is 0 Å². The molecule has 1 aromatic carbocycles. The van der Waals surface area contributed by atoms with Crippen LogP contribution in [0, 0.1) is 17.6 Å². The molecule has 0 bridgehead atoms. The lowest BCUT2D eigenvalue weighted by atomic mass is 9.83. The minimum atomic E-state index is -0.804. The SMILES string of the molecule is NC(CC1CCCCC1)c1cccc(F)c1F. The zero-order valence-electron chi connectivity index (χ0n) is 9.96. The fourth-order valence-electron chi connectivity index (χ4n) is 2.72. The van der Waals surface area contributed by atoms with Crippen LogP contribution in [-0.2, 0) is 0 Å². The van der Waals surface area contributed by atoms with Gasteiger partial charge < -0.3 is 5.73 Å². The van der Waals surface area contributed by atoms with Crippen LogP contribution in [0.2, 0.25) is 0 Å². The maximum absolute atomic E-state index is 13.6. The molecule has 1 fully saturated rings. The van der Waals surface area contributed by atoms with E-state index in [1.807, 2.05) is 0 Å². The van der Waals surface area contributed by atoms with Crippen LogP contribution >= 0.6 is 0 Å². The quantitative estimate of drug-likeness (QED) is 0.849. The van der Waals surface area contributed by atoms with Crippen molar-refractivity contribution in [2.75, 3.05) is 0 Å². The van der Waals surface area contributed by atoms with E-state index in [4.69, 9.17) is 5.73 Å². The number of hydrogen-bond donors (Lipinski definition) is 1. The first-order valence-electron chi connectivity index (χ1n) is 6.38. The summed E-state index contributed by atoms with van der Waals surface area (Å²) in [7, 11) is 0. The van der Waals surface area contributed by atoms with E-state index in [9.17, 15) is 8.78 Å². The van der Waals surface area contributed by atoms with Crippen LogP contribution in [0.5, 0.6) is 0 Å². The Morgan fingerprint density at radius 1 is 1.18 bits per heavy atom. The molecule has 2 rings (SSSR count). The maximum Gasteiger partial charge on any atom is 0.163 e. The van der Waals surface area contributed by atoms with Gasteiger partial charge in [-0.15, -0.1) is 0 Å². The summed E-state index contributed by atoms with van der Waals surface area (Å²) >= 11 is 0. The average Bonchev–Trinajstić information content (AvgIpc) is 2.34. The molecule has 0 radical (unpaired) electrons. The molecule has 1 nitrogen and oxygen atoms in total. The normalized spacial score (nSPS) is 19.2. The maximum atomic E-state index is 13.6. The van der Waals surface area contributed by atoms with Gasteiger partial charge in [-0.1, -0.05) is 44.2 Å². The summed E-state index contributed by atoms with van der Waals surface area (Å²) < 4.78 is 26.6. The van der Waals surface area contributed by atoms with Crippen molar-refractivity contribution in [2.45, 2.75) is 44.6 Å². The predicted molar refractivity (Wildman–Crippen MR) is 64.5 cm³/mol. The first-order chi connectivity index (χ1) is 8.18. The monoisotopic (exact) mass is 239 g/mol. The first kappa shape index (κ1) is 12.5. The Hall–Kier alpha value is -0.960. The van der Waals surface area contributed by atoms with Crippen molar-refractivity contribution in [3.8, 4) is 0 Å². The molecule has 17 heavy (non-hydrogen) atoms. The fourth-order valence-corrected chi connectivity index (χ4v) is 2.72. The Balaban J connectivity index is 2.03. The topological polar surface area (TPSA) is 26.0 Å². The highest BCUT2D eigenvalue weighted by atomic mass is 19.2. The Labute approximate surface area is 101 Å². The first-order valence-corrected chi connectivity index (χ1v) is 6.38. The van der Waals surface area contributed by atoms with Crippen molar-refractivity contribution in [2.24, 2.45) is 11.7 Å². The van der Waals surface area contributed by atoms with Crippen LogP contribution in [-0.4, -0.2) is 0 Å². The number of benzene rings is 1. The lowest BCUT2D eigenvalue weighted by molar-refractivity contribution is 0.316. The highest BCUT2D eigenvalue weighted by Gasteiger charge is 2.20. The summed E-state index contributed by atoms with van der Waals surface area (Å²) in [6, 6.07) is 3.86. The molecular formula is C14H19F2N. The summed E-state index contributed by atoms with van der Waals surface area (Å²) in [6.45, 7) is 0. The molecule has 0 amide bonds. The third-order valence-corrected chi connectivity index (χ3v) is 3.69. The van der Waals surface area contributed by atoms with E-state index >= 15 is 0 Å². The average molecular weight is 239 g/mol. The molecule has 94 valence electrons. The van der Waals surface area contributed by atoms with Gasteiger partial charge in [0.1, 0.15) is 0 Å². The minimum Gasteiger partial charge on any atom is -0.324 e. The fraction of sp³-hybridized carbons (Fsp3) is 0.571. The summed E-state index contributed by atoms with van der Waals surface area (Å²) in [4.78, 5) is 0. The van der Waals surface area contributed by atoms with Crippen molar-refractivity contribution in [3.63, 3.8) is 0 Å². The summed E-state index contributed by atoms with van der Waals surface area (Å²) in [5.74, 6) is -1.01. The Morgan fingerprint density at radius 3 is 2.59 bits per heavy atom. The largest absolute Gasteiger partial charge is 0.324 e. The zero-order chi connectivity index (χ0) is 12.3. The number of nitrogens with two attached hydrogens (primary N) is 1. The molecule has 3 heteroatoms. The van der Waals surface area contributed by atoms with Gasteiger partial charge in [-0.05, 0) is 18.4 Å². The van der Waals surface area contributed by atoms with Crippen molar-refractivity contribution in [1.29, 1.82) is 0 Å². The Bertz CT molecular complexity index is 372. The minimum absolute atomic E-state index is 0.315. The molecule has 1 aromatic rings. The molecule has 1 aliphatic rings. The summed E-state index contributed by atoms with van der Waals surface area (Å²) in [5.41, 5.74) is 6.30. The summed E-state index contributed by atoms with van der Waals surface area (Å²) in [6.07, 6.45) is 6.88. The zero-order valence-corrected chi connectivity index (χ0v) is 9.96. The molecule has 1 aliphatic carbocycles. The van der Waals surface area contributed by atoms with Crippen LogP contribution in [0.3, 0.4) is 0 Å². The number of hydrogen-bond acceptors (Lipinski definition) is 1. The van der Waals surface area contributed by atoms with Crippen LogP contribution in [0.1, 0.15) is 50.1 Å².